The molecule has 1 aliphatic carbocycles. The number of hydrogen-bond acceptors (Lipinski definition) is 5. The second-order valence-corrected chi connectivity index (χ2v) is 5.15. The number of nitrogens with zero attached hydrogens (tertiary/aromatic N) is 2. The Balaban J connectivity index is 1.56. The molecule has 0 unspecified atom stereocenters. The molecule has 0 spiro atoms. The summed E-state index contributed by atoms with van der Waals surface area (Å²) in [5.41, 5.74) is 1.75. The van der Waals surface area contributed by atoms with E-state index < -0.39 is 0 Å². The van der Waals surface area contributed by atoms with Gasteiger partial charge in [0.05, 0.1) is 0 Å². The van der Waals surface area contributed by atoms with Gasteiger partial charge in [0, 0.05) is 19.1 Å². The lowest BCUT2D eigenvalue weighted by molar-refractivity contribution is 0.468. The zero-order chi connectivity index (χ0) is 11.1. The minimum Gasteiger partial charge on any atom is -0.359 e. The van der Waals surface area contributed by atoms with Crippen LogP contribution in [0.25, 0.3) is 0 Å². The molecule has 1 fully saturated rings. The van der Waals surface area contributed by atoms with E-state index in [-0.39, 0.29) is 0 Å². The Morgan fingerprint density at radius 2 is 2.00 bits per heavy atom. The molecular weight excluding hydrogens is 220 g/mol. The number of nitrogens with one attached hydrogen (secondary N) is 2. The zero-order valence-electron chi connectivity index (χ0n) is 9.61. The monoisotopic (exact) mass is 240 g/mol. The van der Waals surface area contributed by atoms with E-state index in [1.54, 1.807) is 16.8 Å². The summed E-state index contributed by atoms with van der Waals surface area (Å²) in [6, 6.07) is 0.735. The van der Waals surface area contributed by atoms with Crippen molar-refractivity contribution in [3.8, 4) is 0 Å². The molecular formula is C11H20N4S. The fourth-order valence-corrected chi connectivity index (χ4v) is 2.65. The van der Waals surface area contributed by atoms with Gasteiger partial charge in [-0.25, -0.2) is 0 Å². The van der Waals surface area contributed by atoms with E-state index in [1.165, 1.54) is 38.5 Å². The molecule has 2 rings (SSSR count). The number of hydrogen-bond donors (Lipinski definition) is 2. The van der Waals surface area contributed by atoms with Crippen LogP contribution in [0.3, 0.4) is 0 Å². The van der Waals surface area contributed by atoms with Crippen molar-refractivity contribution in [1.29, 1.82) is 0 Å². The van der Waals surface area contributed by atoms with E-state index in [1.807, 2.05) is 0 Å². The first kappa shape index (κ1) is 11.8. The van der Waals surface area contributed by atoms with Gasteiger partial charge in [-0.1, -0.05) is 37.0 Å². The van der Waals surface area contributed by atoms with E-state index in [9.17, 15) is 0 Å². The van der Waals surface area contributed by atoms with Crippen LogP contribution in [-0.4, -0.2) is 29.3 Å². The van der Waals surface area contributed by atoms with E-state index >= 15 is 0 Å². The topological polar surface area (TPSA) is 49.8 Å². The summed E-state index contributed by atoms with van der Waals surface area (Å²) in [5.74, 6) is 0. The predicted molar refractivity (Wildman–Crippen MR) is 67.9 cm³/mol. The first-order valence-electron chi connectivity index (χ1n) is 6.18. The molecule has 90 valence electrons. The molecule has 2 N–H and O–H groups in total. The van der Waals surface area contributed by atoms with Crippen LogP contribution in [0.2, 0.25) is 0 Å². The van der Waals surface area contributed by atoms with Crippen LogP contribution in [0.1, 0.15) is 38.5 Å². The molecule has 0 saturated heterocycles. The molecule has 0 amide bonds. The van der Waals surface area contributed by atoms with E-state index in [0.717, 1.165) is 24.3 Å². The molecule has 0 bridgehead atoms. The first-order chi connectivity index (χ1) is 7.95. The van der Waals surface area contributed by atoms with E-state index in [2.05, 4.69) is 20.8 Å². The fourth-order valence-electron chi connectivity index (χ4n) is 2.18. The van der Waals surface area contributed by atoms with Crippen molar-refractivity contribution in [2.24, 2.45) is 0 Å². The van der Waals surface area contributed by atoms with Crippen LogP contribution < -0.4 is 10.6 Å². The van der Waals surface area contributed by atoms with Crippen molar-refractivity contribution < 1.29 is 0 Å². The Hall–Kier alpha value is -0.680. The molecule has 0 atom stereocenters. The lowest BCUT2D eigenvalue weighted by atomic mass is 10.1. The summed E-state index contributed by atoms with van der Waals surface area (Å²) in [6.45, 7) is 1.95. The molecule has 1 aromatic rings. The fraction of sp³-hybridized carbons (Fsp3) is 0.818. The van der Waals surface area contributed by atoms with Gasteiger partial charge < -0.3 is 10.6 Å². The summed E-state index contributed by atoms with van der Waals surface area (Å²) in [5, 5.41) is 15.5. The third kappa shape index (κ3) is 4.06. The maximum Gasteiger partial charge on any atom is 0.205 e. The molecule has 0 aliphatic heterocycles. The summed E-state index contributed by atoms with van der Waals surface area (Å²) in [6.07, 6.45) is 8.31. The molecule has 1 aromatic heterocycles. The molecule has 1 aliphatic rings. The molecule has 5 heteroatoms. The maximum absolute atomic E-state index is 3.95. The van der Waals surface area contributed by atoms with Crippen LogP contribution in [-0.2, 0) is 0 Å². The van der Waals surface area contributed by atoms with Gasteiger partial charge in [-0.15, -0.1) is 10.2 Å². The van der Waals surface area contributed by atoms with Gasteiger partial charge >= 0.3 is 0 Å². The lowest BCUT2D eigenvalue weighted by Crippen LogP contribution is -2.32. The van der Waals surface area contributed by atoms with Crippen molar-refractivity contribution in [2.75, 3.05) is 18.4 Å². The Morgan fingerprint density at radius 1 is 1.19 bits per heavy atom. The van der Waals surface area contributed by atoms with Gasteiger partial charge in [0.15, 0.2) is 0 Å². The summed E-state index contributed by atoms with van der Waals surface area (Å²) < 4.78 is 0. The third-order valence-corrected chi connectivity index (χ3v) is 3.70. The minimum atomic E-state index is 0.735. The van der Waals surface area contributed by atoms with Crippen molar-refractivity contribution in [3.63, 3.8) is 0 Å². The second-order valence-electron chi connectivity index (χ2n) is 4.31. The highest BCUT2D eigenvalue weighted by molar-refractivity contribution is 7.13. The van der Waals surface area contributed by atoms with Crippen LogP contribution in [0.4, 0.5) is 5.13 Å². The first-order valence-corrected chi connectivity index (χ1v) is 7.06. The van der Waals surface area contributed by atoms with Crippen LogP contribution in [0.5, 0.6) is 0 Å². The van der Waals surface area contributed by atoms with Gasteiger partial charge in [0.2, 0.25) is 5.13 Å². The van der Waals surface area contributed by atoms with Gasteiger partial charge in [-0.2, -0.15) is 0 Å². The summed E-state index contributed by atoms with van der Waals surface area (Å²) in [7, 11) is 0. The second kappa shape index (κ2) is 6.81. The molecule has 1 heterocycles. The zero-order valence-corrected chi connectivity index (χ0v) is 10.4. The standard InChI is InChI=1S/C11H20N4S/c1-2-4-6-10(5-3-1)12-7-8-13-11-15-14-9-16-11/h9-10,12H,1-8H2,(H,13,15). The molecule has 0 radical (unpaired) electrons. The predicted octanol–water partition coefficient (Wildman–Crippen LogP) is 2.26. The highest BCUT2D eigenvalue weighted by Gasteiger charge is 2.10. The highest BCUT2D eigenvalue weighted by atomic mass is 32.1. The number of aromatic nitrogens is 2. The smallest absolute Gasteiger partial charge is 0.205 e. The number of anilines is 1. The van der Waals surface area contributed by atoms with Gasteiger partial charge in [0.25, 0.3) is 0 Å². The van der Waals surface area contributed by atoms with Crippen molar-refractivity contribution in [3.05, 3.63) is 5.51 Å². The Morgan fingerprint density at radius 3 is 2.69 bits per heavy atom. The molecule has 16 heavy (non-hydrogen) atoms. The van der Waals surface area contributed by atoms with E-state index in [0.29, 0.717) is 0 Å². The Bertz CT molecular complexity index is 268. The lowest BCUT2D eigenvalue weighted by Gasteiger charge is -2.15. The van der Waals surface area contributed by atoms with Crippen molar-refractivity contribution >= 4 is 16.5 Å². The highest BCUT2D eigenvalue weighted by Crippen LogP contribution is 2.16. The molecule has 0 aromatic carbocycles. The Labute approximate surface area is 101 Å². The average molecular weight is 240 g/mol. The van der Waals surface area contributed by atoms with Crippen LogP contribution >= 0.6 is 11.3 Å². The quantitative estimate of drug-likeness (QED) is 0.612. The van der Waals surface area contributed by atoms with Gasteiger partial charge in [-0.3, -0.25) is 0 Å². The van der Waals surface area contributed by atoms with Gasteiger partial charge in [0.1, 0.15) is 5.51 Å². The SMILES string of the molecule is c1nnc(NCCNC2CCCCCC2)s1. The minimum absolute atomic E-state index is 0.735. The van der Waals surface area contributed by atoms with E-state index in [4.69, 9.17) is 0 Å². The summed E-state index contributed by atoms with van der Waals surface area (Å²) >= 11 is 1.55. The largest absolute Gasteiger partial charge is 0.359 e. The molecule has 4 nitrogen and oxygen atoms in total. The Kier molecular flexibility index (Phi) is 5.02. The number of rotatable bonds is 5. The van der Waals surface area contributed by atoms with Crippen LogP contribution in [0, 0.1) is 0 Å². The van der Waals surface area contributed by atoms with Gasteiger partial charge in [-0.05, 0) is 12.8 Å². The third-order valence-electron chi connectivity index (χ3n) is 3.05. The normalized spacial score (nSPS) is 18.2. The maximum atomic E-state index is 3.95. The summed E-state index contributed by atoms with van der Waals surface area (Å²) in [4.78, 5) is 0. The van der Waals surface area contributed by atoms with Crippen molar-refractivity contribution in [1.82, 2.24) is 15.5 Å². The van der Waals surface area contributed by atoms with Crippen molar-refractivity contribution in [2.45, 2.75) is 44.6 Å². The molecule has 1 saturated carbocycles. The average Bonchev–Trinajstić information content (AvgIpc) is 2.68. The van der Waals surface area contributed by atoms with Crippen LogP contribution in [0.15, 0.2) is 5.51 Å².